The highest BCUT2D eigenvalue weighted by Crippen LogP contribution is 2.28. The summed E-state index contributed by atoms with van der Waals surface area (Å²) in [4.78, 5) is 29.6. The van der Waals surface area contributed by atoms with Gasteiger partial charge in [-0.1, -0.05) is 24.3 Å². The fraction of sp³-hybridized carbons (Fsp3) is 0.154. The maximum Gasteiger partial charge on any atom is 0.358 e. The van der Waals surface area contributed by atoms with Crippen molar-refractivity contribution in [2.45, 2.75) is 18.9 Å². The Morgan fingerprint density at radius 3 is 2.65 bits per heavy atom. The highest BCUT2D eigenvalue weighted by molar-refractivity contribution is 7.98. The Balaban J connectivity index is 1.72. The number of pyridine rings is 1. The number of aryl methyl sites for hydroxylation is 1. The number of esters is 1. The van der Waals surface area contributed by atoms with Gasteiger partial charge in [0.25, 0.3) is 5.91 Å². The summed E-state index contributed by atoms with van der Waals surface area (Å²) < 4.78 is 6.87. The molecule has 0 aliphatic carbocycles. The molecule has 2 heterocycles. The first-order chi connectivity index (χ1) is 16.5. The molecule has 0 aliphatic heterocycles. The summed E-state index contributed by atoms with van der Waals surface area (Å²) in [6.45, 7) is 4.02. The van der Waals surface area contributed by atoms with E-state index in [4.69, 9.17) is 4.74 Å². The summed E-state index contributed by atoms with van der Waals surface area (Å²) in [5.74, 6) is -0.727. The first-order valence-electron chi connectivity index (χ1n) is 10.7. The van der Waals surface area contributed by atoms with Crippen LogP contribution in [0.2, 0.25) is 0 Å². The number of rotatable bonds is 7. The molecule has 0 fully saturated rings. The van der Waals surface area contributed by atoms with Crippen LogP contribution in [0.4, 0.5) is 5.69 Å². The Morgan fingerprint density at radius 1 is 1.06 bits per heavy atom. The largest absolute Gasteiger partial charge is 0.461 e. The average Bonchev–Trinajstić information content (AvgIpc) is 3.30. The van der Waals surface area contributed by atoms with Crippen LogP contribution in [0.5, 0.6) is 0 Å². The molecular weight excluding hydrogens is 448 g/mol. The molecule has 1 amide bonds. The topological polar surface area (TPSA) is 86.1 Å². The van der Waals surface area contributed by atoms with Gasteiger partial charge in [0.05, 0.1) is 23.6 Å². The number of carbonyl (C=O) groups is 2. The van der Waals surface area contributed by atoms with Crippen LogP contribution in [-0.4, -0.2) is 39.5 Å². The molecule has 4 aromatic rings. The molecule has 0 spiro atoms. The molecule has 172 valence electrons. The Labute approximate surface area is 202 Å². The lowest BCUT2D eigenvalue weighted by Gasteiger charge is -2.11. The van der Waals surface area contributed by atoms with Crippen molar-refractivity contribution in [1.82, 2.24) is 14.8 Å². The fourth-order valence-corrected chi connectivity index (χ4v) is 4.08. The number of ether oxygens (including phenoxy) is 1. The van der Waals surface area contributed by atoms with E-state index >= 15 is 0 Å². The second-order valence-corrected chi connectivity index (χ2v) is 8.28. The van der Waals surface area contributed by atoms with Gasteiger partial charge in [0.1, 0.15) is 5.03 Å². The standard InChI is InChI=1S/C26H24N4O3S/c1-4-33-26(32)22-16-23(30(29-22)20-11-5-8-17(2)14-20)18-9-6-10-19(15-18)28-24(31)21-12-7-13-27-25(21)34-3/h5-16H,4H2,1-3H3,(H,28,31). The average molecular weight is 473 g/mol. The van der Waals surface area contributed by atoms with Gasteiger partial charge < -0.3 is 10.1 Å². The minimum absolute atomic E-state index is 0.216. The van der Waals surface area contributed by atoms with Gasteiger partial charge in [-0.25, -0.2) is 14.5 Å². The Hall–Kier alpha value is -3.91. The van der Waals surface area contributed by atoms with Gasteiger partial charge in [0.2, 0.25) is 0 Å². The number of aromatic nitrogens is 3. The van der Waals surface area contributed by atoms with Crippen molar-refractivity contribution in [2.75, 3.05) is 18.2 Å². The van der Waals surface area contributed by atoms with Crippen molar-refractivity contribution in [1.29, 1.82) is 0 Å². The zero-order chi connectivity index (χ0) is 24.1. The predicted octanol–water partition coefficient (Wildman–Crippen LogP) is 5.39. The number of nitrogens with zero attached hydrogens (tertiary/aromatic N) is 3. The molecule has 0 unspecified atom stereocenters. The first-order valence-corrected chi connectivity index (χ1v) is 12.0. The van der Waals surface area contributed by atoms with E-state index in [0.717, 1.165) is 16.8 Å². The van der Waals surface area contributed by atoms with Gasteiger partial charge in [-0.15, -0.1) is 11.8 Å². The van der Waals surface area contributed by atoms with Crippen molar-refractivity contribution in [3.8, 4) is 16.9 Å². The number of anilines is 1. The van der Waals surface area contributed by atoms with Crippen molar-refractivity contribution < 1.29 is 14.3 Å². The van der Waals surface area contributed by atoms with Crippen LogP contribution in [0.15, 0.2) is 78.0 Å². The molecule has 0 saturated carbocycles. The minimum atomic E-state index is -0.485. The molecule has 0 atom stereocenters. The number of amides is 1. The SMILES string of the molecule is CCOC(=O)c1cc(-c2cccc(NC(=O)c3cccnc3SC)c2)n(-c2cccc(C)c2)n1. The van der Waals surface area contributed by atoms with E-state index in [2.05, 4.69) is 15.4 Å². The van der Waals surface area contributed by atoms with E-state index in [1.165, 1.54) is 11.8 Å². The van der Waals surface area contributed by atoms with Crippen molar-refractivity contribution in [2.24, 2.45) is 0 Å². The van der Waals surface area contributed by atoms with E-state index in [0.29, 0.717) is 22.0 Å². The molecule has 1 N–H and O–H groups in total. The molecule has 0 saturated heterocycles. The van der Waals surface area contributed by atoms with E-state index in [1.807, 2.05) is 61.7 Å². The first kappa shape index (κ1) is 23.3. The van der Waals surface area contributed by atoms with Gasteiger partial charge in [-0.3, -0.25) is 4.79 Å². The lowest BCUT2D eigenvalue weighted by Crippen LogP contribution is -2.13. The van der Waals surface area contributed by atoms with E-state index < -0.39 is 5.97 Å². The van der Waals surface area contributed by atoms with Crippen LogP contribution in [0.25, 0.3) is 16.9 Å². The molecular formula is C26H24N4O3S. The van der Waals surface area contributed by atoms with Gasteiger partial charge in [0, 0.05) is 17.4 Å². The molecule has 0 bridgehead atoms. The number of thioether (sulfide) groups is 1. The minimum Gasteiger partial charge on any atom is -0.461 e. The second kappa shape index (κ2) is 10.4. The lowest BCUT2D eigenvalue weighted by molar-refractivity contribution is 0.0519. The van der Waals surface area contributed by atoms with Gasteiger partial charge in [-0.2, -0.15) is 5.10 Å². The quantitative estimate of drug-likeness (QED) is 0.287. The van der Waals surface area contributed by atoms with Crippen LogP contribution in [0, 0.1) is 6.92 Å². The van der Waals surface area contributed by atoms with Crippen LogP contribution < -0.4 is 5.32 Å². The normalized spacial score (nSPS) is 10.7. The summed E-state index contributed by atoms with van der Waals surface area (Å²) in [5, 5.41) is 8.13. The maximum atomic E-state index is 12.9. The molecule has 7 nitrogen and oxygen atoms in total. The Kier molecular flexibility index (Phi) is 7.08. The number of benzene rings is 2. The zero-order valence-corrected chi connectivity index (χ0v) is 19.9. The molecule has 8 heteroatoms. The molecule has 4 rings (SSSR count). The highest BCUT2D eigenvalue weighted by Gasteiger charge is 2.19. The summed E-state index contributed by atoms with van der Waals surface area (Å²) >= 11 is 1.42. The molecule has 2 aromatic carbocycles. The number of hydrogen-bond acceptors (Lipinski definition) is 6. The third kappa shape index (κ3) is 5.02. The smallest absolute Gasteiger partial charge is 0.358 e. The third-order valence-electron chi connectivity index (χ3n) is 5.07. The van der Waals surface area contributed by atoms with Crippen molar-refractivity contribution in [3.63, 3.8) is 0 Å². The molecule has 0 radical (unpaired) electrons. The van der Waals surface area contributed by atoms with Crippen LogP contribution in [0.3, 0.4) is 0 Å². The number of carbonyl (C=O) groups excluding carboxylic acids is 2. The monoisotopic (exact) mass is 472 g/mol. The van der Waals surface area contributed by atoms with Gasteiger partial charge in [0.15, 0.2) is 5.69 Å². The molecule has 0 aliphatic rings. The zero-order valence-electron chi connectivity index (χ0n) is 19.1. The van der Waals surface area contributed by atoms with E-state index in [9.17, 15) is 9.59 Å². The Bertz CT molecular complexity index is 1350. The predicted molar refractivity (Wildman–Crippen MR) is 134 cm³/mol. The Morgan fingerprint density at radius 2 is 1.88 bits per heavy atom. The highest BCUT2D eigenvalue weighted by atomic mass is 32.2. The summed E-state index contributed by atoms with van der Waals surface area (Å²) in [6.07, 6.45) is 3.55. The fourth-order valence-electron chi connectivity index (χ4n) is 3.53. The third-order valence-corrected chi connectivity index (χ3v) is 5.78. The second-order valence-electron chi connectivity index (χ2n) is 7.48. The summed E-state index contributed by atoms with van der Waals surface area (Å²) in [6, 6.07) is 20.5. The van der Waals surface area contributed by atoms with Crippen molar-refractivity contribution in [3.05, 3.63) is 89.7 Å². The van der Waals surface area contributed by atoms with Crippen molar-refractivity contribution >= 4 is 29.3 Å². The van der Waals surface area contributed by atoms with Crippen LogP contribution in [-0.2, 0) is 4.74 Å². The molecule has 34 heavy (non-hydrogen) atoms. The van der Waals surface area contributed by atoms with Crippen LogP contribution in [0.1, 0.15) is 33.3 Å². The lowest BCUT2D eigenvalue weighted by atomic mass is 10.1. The van der Waals surface area contributed by atoms with Gasteiger partial charge >= 0.3 is 5.97 Å². The number of hydrogen-bond donors (Lipinski definition) is 1. The number of nitrogens with one attached hydrogen (secondary N) is 1. The van der Waals surface area contributed by atoms with Crippen LogP contribution >= 0.6 is 11.8 Å². The maximum absolute atomic E-state index is 12.9. The molecule has 2 aromatic heterocycles. The summed E-state index contributed by atoms with van der Waals surface area (Å²) in [5.41, 5.74) is 4.73. The van der Waals surface area contributed by atoms with E-state index in [-0.39, 0.29) is 18.2 Å². The van der Waals surface area contributed by atoms with E-state index in [1.54, 1.807) is 36.0 Å². The summed E-state index contributed by atoms with van der Waals surface area (Å²) in [7, 11) is 0. The van der Waals surface area contributed by atoms with Gasteiger partial charge in [-0.05, 0) is 68.1 Å².